The minimum Gasteiger partial charge on any atom is -0.480 e. The molecule has 3 rings (SSSR count). The number of aromatic nitrogens is 2. The van der Waals surface area contributed by atoms with Crippen LogP contribution in [0, 0.1) is 0 Å². The number of para-hydroxylation sites is 1. The van der Waals surface area contributed by atoms with E-state index in [4.69, 9.17) is 9.47 Å². The van der Waals surface area contributed by atoms with E-state index in [2.05, 4.69) is 15.3 Å². The van der Waals surface area contributed by atoms with Gasteiger partial charge in [-0.25, -0.2) is 4.68 Å². The number of nitrogens with zero attached hydrogens (tertiary/aromatic N) is 3. The van der Waals surface area contributed by atoms with Crippen LogP contribution in [-0.4, -0.2) is 67.1 Å². The summed E-state index contributed by atoms with van der Waals surface area (Å²) in [5.41, 5.74) is 1.29. The van der Waals surface area contributed by atoms with Crippen molar-refractivity contribution in [3.05, 3.63) is 42.1 Å². The Morgan fingerprint density at radius 3 is 2.76 bits per heavy atom. The topological polar surface area (TPSA) is 68.6 Å². The van der Waals surface area contributed by atoms with Crippen LogP contribution < -0.4 is 10.1 Å². The van der Waals surface area contributed by atoms with Crippen LogP contribution in [0.5, 0.6) is 5.88 Å². The van der Waals surface area contributed by atoms with Gasteiger partial charge in [-0.1, -0.05) is 18.2 Å². The second-order valence-corrected chi connectivity index (χ2v) is 5.88. The van der Waals surface area contributed by atoms with Crippen LogP contribution in [0.25, 0.3) is 5.69 Å². The summed E-state index contributed by atoms with van der Waals surface area (Å²) < 4.78 is 12.1. The second kappa shape index (κ2) is 8.64. The van der Waals surface area contributed by atoms with Gasteiger partial charge < -0.3 is 14.8 Å². The molecule has 0 saturated carbocycles. The monoisotopic (exact) mass is 344 g/mol. The Balaban J connectivity index is 1.58. The molecule has 7 heteroatoms. The molecule has 0 spiro atoms. The fraction of sp³-hybridized carbons (Fsp3) is 0.444. The smallest absolute Gasteiger partial charge is 0.270 e. The van der Waals surface area contributed by atoms with Gasteiger partial charge in [-0.05, 0) is 25.1 Å². The van der Waals surface area contributed by atoms with Crippen molar-refractivity contribution in [2.24, 2.45) is 0 Å². The maximum atomic E-state index is 12.6. The highest BCUT2D eigenvalue weighted by Crippen LogP contribution is 2.17. The van der Waals surface area contributed by atoms with Gasteiger partial charge in [0.1, 0.15) is 5.69 Å². The third-order valence-electron chi connectivity index (χ3n) is 4.17. The third-order valence-corrected chi connectivity index (χ3v) is 4.17. The first-order valence-electron chi connectivity index (χ1n) is 8.55. The predicted octanol–water partition coefficient (Wildman–Crippen LogP) is 1.33. The van der Waals surface area contributed by atoms with Crippen LogP contribution in [0.3, 0.4) is 0 Å². The zero-order valence-electron chi connectivity index (χ0n) is 14.5. The van der Waals surface area contributed by atoms with Crippen LogP contribution in [0.2, 0.25) is 0 Å². The van der Waals surface area contributed by atoms with E-state index < -0.39 is 0 Å². The van der Waals surface area contributed by atoms with E-state index in [-0.39, 0.29) is 5.91 Å². The summed E-state index contributed by atoms with van der Waals surface area (Å²) in [6.07, 6.45) is 0.905. The third kappa shape index (κ3) is 4.58. The number of benzene rings is 1. The maximum Gasteiger partial charge on any atom is 0.270 e. The molecule has 7 nitrogen and oxygen atoms in total. The minimum absolute atomic E-state index is 0.151. The first-order valence-corrected chi connectivity index (χ1v) is 8.55. The van der Waals surface area contributed by atoms with Crippen molar-refractivity contribution in [1.29, 1.82) is 0 Å². The van der Waals surface area contributed by atoms with Gasteiger partial charge in [-0.2, -0.15) is 0 Å². The van der Waals surface area contributed by atoms with Crippen molar-refractivity contribution in [3.63, 3.8) is 0 Å². The average molecular weight is 344 g/mol. The summed E-state index contributed by atoms with van der Waals surface area (Å²) in [6, 6.07) is 11.2. The van der Waals surface area contributed by atoms with Crippen LogP contribution in [0.4, 0.5) is 0 Å². The molecule has 134 valence electrons. The van der Waals surface area contributed by atoms with Gasteiger partial charge in [-0.3, -0.25) is 9.69 Å². The molecule has 0 bridgehead atoms. The Hall–Kier alpha value is -2.38. The number of hydrogen-bond acceptors (Lipinski definition) is 5. The molecule has 25 heavy (non-hydrogen) atoms. The molecule has 1 amide bonds. The molecule has 0 unspecified atom stereocenters. The fourth-order valence-electron chi connectivity index (χ4n) is 2.81. The lowest BCUT2D eigenvalue weighted by atomic mass is 10.3. The lowest BCUT2D eigenvalue weighted by Crippen LogP contribution is -2.38. The van der Waals surface area contributed by atoms with Gasteiger partial charge in [0.05, 0.1) is 26.0 Å². The number of methoxy groups -OCH3 is 1. The molecule has 1 saturated heterocycles. The van der Waals surface area contributed by atoms with Crippen LogP contribution in [0.15, 0.2) is 36.4 Å². The Bertz CT molecular complexity index is 681. The Labute approximate surface area is 147 Å². The number of nitrogens with one attached hydrogen (secondary N) is 1. The van der Waals surface area contributed by atoms with Crippen molar-refractivity contribution in [3.8, 4) is 11.6 Å². The number of rotatable bonds is 7. The summed E-state index contributed by atoms with van der Waals surface area (Å²) in [5.74, 6) is 0.268. The highest BCUT2D eigenvalue weighted by atomic mass is 16.5. The molecule has 2 aromatic rings. The van der Waals surface area contributed by atoms with Crippen LogP contribution in [0.1, 0.15) is 16.9 Å². The van der Waals surface area contributed by atoms with Crippen molar-refractivity contribution >= 4 is 5.91 Å². The summed E-state index contributed by atoms with van der Waals surface area (Å²) in [6.45, 7) is 5.10. The predicted molar refractivity (Wildman–Crippen MR) is 94.3 cm³/mol. The van der Waals surface area contributed by atoms with Crippen molar-refractivity contribution in [2.75, 3.05) is 46.5 Å². The number of carbonyl (C=O) groups excluding carboxylic acids is 1. The summed E-state index contributed by atoms with van der Waals surface area (Å²) in [7, 11) is 1.54. The van der Waals surface area contributed by atoms with Crippen LogP contribution >= 0.6 is 0 Å². The average Bonchev–Trinajstić information content (AvgIpc) is 3.11. The standard InChI is InChI=1S/C18H24N4O3/c1-24-17-14-16(22(20-17)15-6-3-2-4-7-15)18(23)19-8-5-9-21-10-12-25-13-11-21/h2-4,6-7,14H,5,8-13H2,1H3,(H,19,23). The molecule has 1 aromatic heterocycles. The summed E-state index contributed by atoms with van der Waals surface area (Å²) in [4.78, 5) is 14.9. The molecule has 0 atom stereocenters. The van der Waals surface area contributed by atoms with Gasteiger partial charge in [0.15, 0.2) is 0 Å². The molecule has 2 heterocycles. The number of hydrogen-bond donors (Lipinski definition) is 1. The van der Waals surface area contributed by atoms with Crippen molar-refractivity contribution < 1.29 is 14.3 Å². The first-order chi connectivity index (χ1) is 12.3. The van der Waals surface area contributed by atoms with Gasteiger partial charge in [0.25, 0.3) is 5.91 Å². The number of morpholine rings is 1. The zero-order valence-corrected chi connectivity index (χ0v) is 14.5. The SMILES string of the molecule is COc1cc(C(=O)NCCCN2CCOCC2)n(-c2ccccc2)n1. The molecule has 1 fully saturated rings. The quantitative estimate of drug-likeness (QED) is 0.768. The minimum atomic E-state index is -0.151. The molecule has 1 aromatic carbocycles. The van der Waals surface area contributed by atoms with E-state index in [1.165, 1.54) is 0 Å². The molecule has 1 aliphatic rings. The largest absolute Gasteiger partial charge is 0.480 e. The van der Waals surface area contributed by atoms with E-state index in [9.17, 15) is 4.79 Å². The molecular formula is C18H24N4O3. The van der Waals surface area contributed by atoms with E-state index in [1.54, 1.807) is 17.9 Å². The van der Waals surface area contributed by atoms with Gasteiger partial charge in [-0.15, -0.1) is 5.10 Å². The second-order valence-electron chi connectivity index (χ2n) is 5.88. The van der Waals surface area contributed by atoms with E-state index in [1.807, 2.05) is 30.3 Å². The summed E-state index contributed by atoms with van der Waals surface area (Å²) in [5, 5.41) is 7.31. The highest BCUT2D eigenvalue weighted by molar-refractivity contribution is 5.93. The van der Waals surface area contributed by atoms with E-state index >= 15 is 0 Å². The molecule has 1 N–H and O–H groups in total. The van der Waals surface area contributed by atoms with Crippen molar-refractivity contribution in [1.82, 2.24) is 20.0 Å². The van der Waals surface area contributed by atoms with E-state index in [0.29, 0.717) is 18.1 Å². The van der Waals surface area contributed by atoms with Gasteiger partial charge in [0.2, 0.25) is 5.88 Å². The Kier molecular flexibility index (Phi) is 6.03. The fourth-order valence-corrected chi connectivity index (χ4v) is 2.81. The molecular weight excluding hydrogens is 320 g/mol. The lowest BCUT2D eigenvalue weighted by Gasteiger charge is -2.26. The van der Waals surface area contributed by atoms with Crippen molar-refractivity contribution in [2.45, 2.75) is 6.42 Å². The first kappa shape index (κ1) is 17.4. The molecule has 0 radical (unpaired) electrons. The lowest BCUT2D eigenvalue weighted by molar-refractivity contribution is 0.0374. The van der Waals surface area contributed by atoms with Gasteiger partial charge >= 0.3 is 0 Å². The van der Waals surface area contributed by atoms with E-state index in [0.717, 1.165) is 45.0 Å². The Morgan fingerprint density at radius 1 is 1.28 bits per heavy atom. The van der Waals surface area contributed by atoms with Crippen LogP contribution in [-0.2, 0) is 4.74 Å². The zero-order chi connectivity index (χ0) is 17.5. The normalized spacial score (nSPS) is 15.1. The summed E-state index contributed by atoms with van der Waals surface area (Å²) >= 11 is 0. The maximum absolute atomic E-state index is 12.6. The van der Waals surface area contributed by atoms with Gasteiger partial charge in [0, 0.05) is 25.7 Å². The highest BCUT2D eigenvalue weighted by Gasteiger charge is 2.17. The number of ether oxygens (including phenoxy) is 2. The molecule has 0 aliphatic carbocycles. The Morgan fingerprint density at radius 2 is 2.04 bits per heavy atom. The molecule has 1 aliphatic heterocycles. The number of amides is 1. The number of carbonyl (C=O) groups is 1.